The van der Waals surface area contributed by atoms with Crippen molar-refractivity contribution in [2.45, 2.75) is 20.4 Å². The Morgan fingerprint density at radius 3 is 2.29 bits per heavy atom. The molecule has 2 aromatic rings. The van der Waals surface area contributed by atoms with Crippen molar-refractivity contribution < 1.29 is 17.6 Å². The molecule has 0 radical (unpaired) electrons. The van der Waals surface area contributed by atoms with Gasteiger partial charge in [0.1, 0.15) is 5.82 Å². The highest BCUT2D eigenvalue weighted by Gasteiger charge is 2.23. The number of hydrogen-bond acceptors (Lipinski definition) is 3. The highest BCUT2D eigenvalue weighted by molar-refractivity contribution is 7.92. The lowest BCUT2D eigenvalue weighted by molar-refractivity contribution is 0.101. The lowest BCUT2D eigenvalue weighted by Gasteiger charge is -2.24. The largest absolute Gasteiger partial charge is 0.295 e. The zero-order chi connectivity index (χ0) is 17.9. The number of hydrogen-bond donors (Lipinski definition) is 0. The first-order valence-electron chi connectivity index (χ1n) is 7.30. The van der Waals surface area contributed by atoms with Gasteiger partial charge in [-0.3, -0.25) is 9.10 Å². The van der Waals surface area contributed by atoms with E-state index in [1.807, 2.05) is 0 Å². The average molecular weight is 370 g/mol. The third kappa shape index (κ3) is 3.94. The Kier molecular flexibility index (Phi) is 5.62. The minimum absolute atomic E-state index is 0.104. The first-order chi connectivity index (χ1) is 11.3. The lowest BCUT2D eigenvalue weighted by Crippen LogP contribution is -2.32. The Hall–Kier alpha value is -1.92. The Morgan fingerprint density at radius 1 is 1.17 bits per heavy atom. The average Bonchev–Trinajstić information content (AvgIpc) is 2.54. The lowest BCUT2D eigenvalue weighted by atomic mass is 10.1. The molecular formula is C17H17ClFNO3S. The molecule has 0 N–H and O–H groups in total. The Balaban J connectivity index is 2.48. The van der Waals surface area contributed by atoms with Crippen molar-refractivity contribution in [3.05, 3.63) is 64.4 Å². The summed E-state index contributed by atoms with van der Waals surface area (Å²) in [6.45, 7) is 2.71. The predicted octanol–water partition coefficient (Wildman–Crippen LogP) is 4.04. The number of rotatable bonds is 6. The van der Waals surface area contributed by atoms with Gasteiger partial charge in [-0.15, -0.1) is 0 Å². The number of ketones is 1. The van der Waals surface area contributed by atoms with Gasteiger partial charge in [0.05, 0.1) is 18.0 Å². The van der Waals surface area contributed by atoms with Crippen molar-refractivity contribution in [1.29, 1.82) is 0 Å². The molecule has 24 heavy (non-hydrogen) atoms. The standard InChI is InChI=1S/C17H17ClFNO3S/c1-3-24(22,23)20(11-15-16(18)5-4-6-17(15)19)14-9-7-13(8-10-14)12(2)21/h4-10H,3,11H2,1-2H3. The van der Waals surface area contributed by atoms with E-state index in [4.69, 9.17) is 11.6 Å². The Morgan fingerprint density at radius 2 is 1.79 bits per heavy atom. The number of Topliss-reactive ketones (excluding diaryl/α,β-unsaturated/α-hetero) is 1. The van der Waals surface area contributed by atoms with E-state index in [1.165, 1.54) is 44.2 Å². The first kappa shape index (κ1) is 18.4. The number of nitrogens with zero attached hydrogens (tertiary/aromatic N) is 1. The summed E-state index contributed by atoms with van der Waals surface area (Å²) in [6, 6.07) is 10.3. The maximum absolute atomic E-state index is 14.0. The van der Waals surface area contributed by atoms with Crippen LogP contribution in [0, 0.1) is 5.82 Å². The highest BCUT2D eigenvalue weighted by Crippen LogP contribution is 2.27. The SMILES string of the molecule is CCS(=O)(=O)N(Cc1c(F)cccc1Cl)c1ccc(C(C)=O)cc1. The zero-order valence-corrected chi connectivity index (χ0v) is 14.9. The van der Waals surface area contributed by atoms with E-state index in [-0.39, 0.29) is 28.7 Å². The van der Waals surface area contributed by atoms with Crippen molar-refractivity contribution in [3.63, 3.8) is 0 Å². The molecule has 0 bridgehead atoms. The van der Waals surface area contributed by atoms with E-state index in [9.17, 15) is 17.6 Å². The summed E-state index contributed by atoms with van der Waals surface area (Å²) in [5, 5.41) is 0.159. The van der Waals surface area contributed by atoms with E-state index >= 15 is 0 Å². The van der Waals surface area contributed by atoms with Gasteiger partial charge in [0.2, 0.25) is 10.0 Å². The molecule has 7 heteroatoms. The van der Waals surface area contributed by atoms with Gasteiger partial charge in [-0.05, 0) is 50.2 Å². The van der Waals surface area contributed by atoms with Crippen LogP contribution in [0.15, 0.2) is 42.5 Å². The molecule has 0 spiro atoms. The van der Waals surface area contributed by atoms with Crippen LogP contribution in [0.4, 0.5) is 10.1 Å². The molecule has 2 rings (SSSR count). The Labute approximate surface area is 145 Å². The van der Waals surface area contributed by atoms with Crippen molar-refractivity contribution in [2.24, 2.45) is 0 Å². The molecule has 0 fully saturated rings. The minimum Gasteiger partial charge on any atom is -0.295 e. The molecule has 0 amide bonds. The van der Waals surface area contributed by atoms with Gasteiger partial charge < -0.3 is 0 Å². The minimum atomic E-state index is -3.66. The van der Waals surface area contributed by atoms with Crippen LogP contribution >= 0.6 is 11.6 Å². The highest BCUT2D eigenvalue weighted by atomic mass is 35.5. The van der Waals surface area contributed by atoms with Gasteiger partial charge in [-0.25, -0.2) is 12.8 Å². The van der Waals surface area contributed by atoms with Crippen LogP contribution in [-0.4, -0.2) is 20.0 Å². The fraction of sp³-hybridized carbons (Fsp3) is 0.235. The van der Waals surface area contributed by atoms with Crippen molar-refractivity contribution in [3.8, 4) is 0 Å². The van der Waals surface area contributed by atoms with Crippen molar-refractivity contribution in [2.75, 3.05) is 10.1 Å². The van der Waals surface area contributed by atoms with Crippen molar-refractivity contribution >= 4 is 33.1 Å². The Bertz CT molecular complexity index is 830. The number of anilines is 1. The summed E-state index contributed by atoms with van der Waals surface area (Å²) in [4.78, 5) is 11.4. The molecule has 0 aliphatic rings. The van der Waals surface area contributed by atoms with Gasteiger partial charge in [0.25, 0.3) is 0 Å². The number of halogens is 2. The van der Waals surface area contributed by atoms with E-state index in [1.54, 1.807) is 12.1 Å². The monoisotopic (exact) mass is 369 g/mol. The van der Waals surface area contributed by atoms with Crippen LogP contribution < -0.4 is 4.31 Å². The maximum Gasteiger partial charge on any atom is 0.235 e. The number of benzene rings is 2. The second-order valence-corrected chi connectivity index (χ2v) is 7.80. The molecule has 0 saturated heterocycles. The molecule has 0 aliphatic carbocycles. The van der Waals surface area contributed by atoms with Crippen LogP contribution in [-0.2, 0) is 16.6 Å². The third-order valence-corrected chi connectivity index (χ3v) is 5.72. The second kappa shape index (κ2) is 7.32. The molecule has 0 unspecified atom stereocenters. The fourth-order valence-electron chi connectivity index (χ4n) is 2.20. The topological polar surface area (TPSA) is 54.5 Å². The molecule has 0 atom stereocenters. The van der Waals surface area contributed by atoms with Crippen LogP contribution in [0.3, 0.4) is 0 Å². The van der Waals surface area contributed by atoms with E-state index in [2.05, 4.69) is 0 Å². The van der Waals surface area contributed by atoms with E-state index in [0.29, 0.717) is 11.3 Å². The summed E-state index contributed by atoms with van der Waals surface area (Å²) >= 11 is 6.01. The zero-order valence-electron chi connectivity index (χ0n) is 13.3. The van der Waals surface area contributed by atoms with E-state index < -0.39 is 15.8 Å². The summed E-state index contributed by atoms with van der Waals surface area (Å²) in [5.74, 6) is -0.837. The first-order valence-corrected chi connectivity index (χ1v) is 9.29. The van der Waals surface area contributed by atoms with Crippen LogP contribution in [0.1, 0.15) is 29.8 Å². The van der Waals surface area contributed by atoms with Crippen LogP contribution in [0.25, 0.3) is 0 Å². The van der Waals surface area contributed by atoms with Gasteiger partial charge in [0, 0.05) is 16.1 Å². The number of sulfonamides is 1. The molecular weight excluding hydrogens is 353 g/mol. The fourth-order valence-corrected chi connectivity index (χ4v) is 3.50. The van der Waals surface area contributed by atoms with E-state index in [0.717, 1.165) is 4.31 Å². The van der Waals surface area contributed by atoms with Gasteiger partial charge in [0.15, 0.2) is 5.78 Å². The molecule has 0 aromatic heterocycles. The third-order valence-electron chi connectivity index (χ3n) is 3.63. The normalized spacial score (nSPS) is 11.3. The second-order valence-electron chi connectivity index (χ2n) is 5.21. The van der Waals surface area contributed by atoms with Crippen molar-refractivity contribution in [1.82, 2.24) is 0 Å². The van der Waals surface area contributed by atoms with Gasteiger partial charge in [-0.2, -0.15) is 0 Å². The predicted molar refractivity (Wildman–Crippen MR) is 93.5 cm³/mol. The molecule has 128 valence electrons. The quantitative estimate of drug-likeness (QED) is 0.722. The van der Waals surface area contributed by atoms with Crippen LogP contribution in [0.2, 0.25) is 5.02 Å². The summed E-state index contributed by atoms with van der Waals surface area (Å²) in [6.07, 6.45) is 0. The summed E-state index contributed by atoms with van der Waals surface area (Å²) in [5.41, 5.74) is 0.921. The van der Waals surface area contributed by atoms with Crippen LogP contribution in [0.5, 0.6) is 0 Å². The van der Waals surface area contributed by atoms with Gasteiger partial charge >= 0.3 is 0 Å². The number of carbonyl (C=O) groups excluding carboxylic acids is 1. The smallest absolute Gasteiger partial charge is 0.235 e. The number of carbonyl (C=O) groups is 1. The molecule has 0 saturated carbocycles. The summed E-state index contributed by atoms with van der Waals surface area (Å²) in [7, 11) is -3.66. The maximum atomic E-state index is 14.0. The molecule has 4 nitrogen and oxygen atoms in total. The molecule has 2 aromatic carbocycles. The van der Waals surface area contributed by atoms with Gasteiger partial charge in [-0.1, -0.05) is 17.7 Å². The molecule has 0 aliphatic heterocycles. The molecule has 0 heterocycles. The summed E-state index contributed by atoms with van der Waals surface area (Å²) < 4.78 is 40.0.